The topological polar surface area (TPSA) is 120 Å². The average Bonchev–Trinajstić information content (AvgIpc) is 3.25. The van der Waals surface area contributed by atoms with Crippen LogP contribution in [0.5, 0.6) is 5.75 Å². The van der Waals surface area contributed by atoms with Gasteiger partial charge in [-0.15, -0.1) is 0 Å². The fourth-order valence-corrected chi connectivity index (χ4v) is 5.85. The van der Waals surface area contributed by atoms with Crippen LogP contribution in [0.1, 0.15) is 63.0 Å². The fourth-order valence-electron chi connectivity index (χ4n) is 5.85. The Morgan fingerprint density at radius 2 is 1.95 bits per heavy atom. The maximum absolute atomic E-state index is 13.5. The summed E-state index contributed by atoms with van der Waals surface area (Å²) in [4.78, 5) is 30.3. The number of carbonyl (C=O) groups excluding carboxylic acids is 2. The molecular weight excluding hydrogens is 510 g/mol. The highest BCUT2D eigenvalue weighted by atomic mass is 16.5. The van der Waals surface area contributed by atoms with Gasteiger partial charge >= 0.3 is 6.03 Å². The summed E-state index contributed by atoms with van der Waals surface area (Å²) in [6, 6.07) is 4.67. The second-order valence-corrected chi connectivity index (χ2v) is 11.7. The largest absolute Gasteiger partial charge is 0.488 e. The van der Waals surface area contributed by atoms with E-state index in [1.165, 1.54) is 32.1 Å². The number of amides is 3. The summed E-state index contributed by atoms with van der Waals surface area (Å²) in [5.41, 5.74) is 2.36. The summed E-state index contributed by atoms with van der Waals surface area (Å²) in [5, 5.41) is 19.4. The van der Waals surface area contributed by atoms with Crippen molar-refractivity contribution < 1.29 is 24.0 Å². The Hall–Kier alpha value is -3.11. The summed E-state index contributed by atoms with van der Waals surface area (Å²) < 4.78 is 11.8. The number of urea groups is 1. The van der Waals surface area contributed by atoms with Crippen LogP contribution in [0, 0.1) is 25.7 Å². The summed E-state index contributed by atoms with van der Waals surface area (Å²) in [6.07, 6.45) is 6.49. The number of likely N-dealkylation sites (N-methyl/N-ethyl adjacent to an activating group) is 1. The molecule has 1 aromatic carbocycles. The molecule has 2 aliphatic rings. The van der Waals surface area contributed by atoms with Gasteiger partial charge in [-0.25, -0.2) is 4.79 Å². The fraction of sp³-hybridized carbons (Fsp3) is 0.633. The summed E-state index contributed by atoms with van der Waals surface area (Å²) >= 11 is 0. The van der Waals surface area contributed by atoms with Crippen molar-refractivity contribution >= 4 is 23.3 Å². The van der Waals surface area contributed by atoms with Crippen molar-refractivity contribution in [2.75, 3.05) is 43.9 Å². The molecular formula is C30H45N5O5. The van der Waals surface area contributed by atoms with Gasteiger partial charge in [0.05, 0.1) is 19.1 Å². The maximum atomic E-state index is 13.5. The van der Waals surface area contributed by atoms with Crippen molar-refractivity contribution in [3.8, 4) is 5.75 Å². The molecule has 3 amide bonds. The number of benzene rings is 1. The summed E-state index contributed by atoms with van der Waals surface area (Å²) in [7, 11) is 2.15. The molecule has 1 aromatic heterocycles. The van der Waals surface area contributed by atoms with E-state index in [0.717, 1.165) is 19.0 Å². The molecule has 40 heavy (non-hydrogen) atoms. The maximum Gasteiger partial charge on any atom is 0.323 e. The Morgan fingerprint density at radius 3 is 2.62 bits per heavy atom. The highest BCUT2D eigenvalue weighted by Gasteiger charge is 2.31. The molecule has 4 rings (SSSR count). The van der Waals surface area contributed by atoms with Crippen LogP contribution in [-0.2, 0) is 11.2 Å². The van der Waals surface area contributed by atoms with E-state index in [4.69, 9.17) is 9.26 Å². The summed E-state index contributed by atoms with van der Waals surface area (Å²) in [6.45, 7) is 9.64. The number of aromatic nitrogens is 1. The molecule has 0 unspecified atom stereocenters. The van der Waals surface area contributed by atoms with Crippen LogP contribution in [0.3, 0.4) is 0 Å². The Kier molecular flexibility index (Phi) is 10.1. The third kappa shape index (κ3) is 7.54. The first-order valence-corrected chi connectivity index (χ1v) is 14.5. The average molecular weight is 556 g/mol. The van der Waals surface area contributed by atoms with Gasteiger partial charge in [0.15, 0.2) is 5.76 Å². The minimum Gasteiger partial charge on any atom is -0.488 e. The van der Waals surface area contributed by atoms with Crippen LogP contribution in [0.25, 0.3) is 0 Å². The molecule has 3 atom stereocenters. The molecule has 0 radical (unpaired) electrons. The van der Waals surface area contributed by atoms with E-state index >= 15 is 0 Å². The predicted octanol–water partition coefficient (Wildman–Crippen LogP) is 4.60. The number of anilines is 2. The van der Waals surface area contributed by atoms with Crippen LogP contribution in [0.2, 0.25) is 0 Å². The second-order valence-electron chi connectivity index (χ2n) is 11.7. The van der Waals surface area contributed by atoms with Crippen molar-refractivity contribution in [2.45, 2.75) is 78.4 Å². The molecule has 0 spiro atoms. The van der Waals surface area contributed by atoms with E-state index in [0.29, 0.717) is 40.7 Å². The molecule has 220 valence electrons. The molecule has 2 aromatic rings. The molecule has 1 aliphatic carbocycles. The number of carbonyl (C=O) groups is 2. The number of aliphatic hydroxyl groups is 1. The van der Waals surface area contributed by atoms with Crippen LogP contribution in [0.15, 0.2) is 22.7 Å². The van der Waals surface area contributed by atoms with Gasteiger partial charge in [-0.2, -0.15) is 0 Å². The highest BCUT2D eigenvalue weighted by Crippen LogP contribution is 2.30. The normalized spacial score (nSPS) is 21.2. The van der Waals surface area contributed by atoms with Gasteiger partial charge in [0.1, 0.15) is 23.2 Å². The highest BCUT2D eigenvalue weighted by molar-refractivity contribution is 6.00. The standard InChI is InChI=1S/C30H45N5O5/c1-19-15-35(20(2)18-36)28(37)14-24-13-25(31-30(38)32-29-21(3)33-40-22(29)4)11-12-26(24)39-27(19)17-34(5)16-23-9-7-6-8-10-23/h11-13,19-20,23,27,36H,6-10,14-18H2,1-5H3,(H2,31,32,38)/t19-,20+,27-/m0/s1. The molecule has 0 bridgehead atoms. The number of rotatable bonds is 8. The van der Waals surface area contributed by atoms with Crippen LogP contribution in [-0.4, -0.2) is 77.4 Å². The molecule has 1 aliphatic heterocycles. The molecule has 1 fully saturated rings. The number of aliphatic hydroxyl groups excluding tert-OH is 1. The van der Waals surface area contributed by atoms with E-state index in [2.05, 4.69) is 34.7 Å². The third-order valence-electron chi connectivity index (χ3n) is 8.23. The zero-order valence-electron chi connectivity index (χ0n) is 24.5. The molecule has 2 heterocycles. The van der Waals surface area contributed by atoms with Crippen molar-refractivity contribution in [2.24, 2.45) is 11.8 Å². The number of fused-ring (bicyclic) bond motifs is 1. The van der Waals surface area contributed by atoms with Crippen molar-refractivity contribution in [3.63, 3.8) is 0 Å². The SMILES string of the molecule is Cc1noc(C)c1NC(=O)Nc1ccc2c(c1)CC(=O)N([C@H](C)CO)C[C@H](C)[C@H](CN(C)CC1CCCCC1)O2. The number of ether oxygens (including phenoxy) is 1. The number of hydrogen-bond acceptors (Lipinski definition) is 7. The zero-order chi connectivity index (χ0) is 28.8. The molecule has 10 nitrogen and oxygen atoms in total. The van der Waals surface area contributed by atoms with Crippen molar-refractivity contribution in [3.05, 3.63) is 35.2 Å². The lowest BCUT2D eigenvalue weighted by molar-refractivity contribution is -0.134. The van der Waals surface area contributed by atoms with Crippen molar-refractivity contribution in [1.82, 2.24) is 15.0 Å². The number of nitrogens with one attached hydrogen (secondary N) is 2. The van der Waals surface area contributed by atoms with Gasteiger partial charge in [0, 0.05) is 36.8 Å². The zero-order valence-corrected chi connectivity index (χ0v) is 24.5. The van der Waals surface area contributed by atoms with Gasteiger partial charge in [0.25, 0.3) is 0 Å². The Bertz CT molecular complexity index is 1140. The lowest BCUT2D eigenvalue weighted by Crippen LogP contribution is -2.48. The molecule has 1 saturated carbocycles. The van der Waals surface area contributed by atoms with E-state index < -0.39 is 6.03 Å². The van der Waals surface area contributed by atoms with E-state index in [-0.39, 0.29) is 37.0 Å². The quantitative estimate of drug-likeness (QED) is 0.436. The minimum atomic E-state index is -0.434. The van der Waals surface area contributed by atoms with E-state index in [1.807, 2.05) is 13.0 Å². The molecule has 0 saturated heterocycles. The van der Waals surface area contributed by atoms with Crippen molar-refractivity contribution in [1.29, 1.82) is 0 Å². The van der Waals surface area contributed by atoms with Crippen LogP contribution < -0.4 is 15.4 Å². The first-order chi connectivity index (χ1) is 19.1. The smallest absolute Gasteiger partial charge is 0.323 e. The van der Waals surface area contributed by atoms with Gasteiger partial charge in [0.2, 0.25) is 5.91 Å². The molecule has 10 heteroatoms. The summed E-state index contributed by atoms with van der Waals surface area (Å²) in [5.74, 6) is 1.86. The lowest BCUT2D eigenvalue weighted by Gasteiger charge is -2.35. The monoisotopic (exact) mass is 555 g/mol. The van der Waals surface area contributed by atoms with Gasteiger partial charge in [-0.1, -0.05) is 31.3 Å². The van der Waals surface area contributed by atoms with E-state index in [1.54, 1.807) is 30.9 Å². The predicted molar refractivity (Wildman–Crippen MR) is 155 cm³/mol. The molecule has 3 N–H and O–H groups in total. The Morgan fingerprint density at radius 1 is 1.20 bits per heavy atom. The first-order valence-electron chi connectivity index (χ1n) is 14.5. The van der Waals surface area contributed by atoms with Crippen LogP contribution >= 0.6 is 0 Å². The number of nitrogens with zero attached hydrogens (tertiary/aromatic N) is 3. The number of hydrogen-bond donors (Lipinski definition) is 3. The Labute approximate surface area is 237 Å². The Balaban J connectivity index is 1.54. The number of aryl methyl sites for hydroxylation is 2. The van der Waals surface area contributed by atoms with Gasteiger partial charge < -0.3 is 34.8 Å². The van der Waals surface area contributed by atoms with Gasteiger partial charge in [-0.05, 0) is 64.8 Å². The van der Waals surface area contributed by atoms with E-state index in [9.17, 15) is 14.7 Å². The third-order valence-corrected chi connectivity index (χ3v) is 8.23. The lowest BCUT2D eigenvalue weighted by atomic mass is 9.89. The first kappa shape index (κ1) is 29.9. The second kappa shape index (κ2) is 13.5. The minimum absolute atomic E-state index is 0.0522. The van der Waals surface area contributed by atoms with Gasteiger partial charge in [-0.3, -0.25) is 4.79 Å². The van der Waals surface area contributed by atoms with Crippen LogP contribution in [0.4, 0.5) is 16.2 Å².